The Kier molecular flexibility index (Phi) is 6.65. The molecule has 0 spiro atoms. The Morgan fingerprint density at radius 3 is 2.39 bits per heavy atom. The number of hydrogen-bond donors (Lipinski definition) is 0. The van der Waals surface area contributed by atoms with Crippen molar-refractivity contribution in [3.63, 3.8) is 0 Å². The maximum absolute atomic E-state index is 12.8. The van der Waals surface area contributed by atoms with Gasteiger partial charge in [0.2, 0.25) is 0 Å². The molecule has 23 heavy (non-hydrogen) atoms. The summed E-state index contributed by atoms with van der Waals surface area (Å²) >= 11 is 7.82. The van der Waals surface area contributed by atoms with Gasteiger partial charge in [0, 0.05) is 37.4 Å². The number of ether oxygens (including phenoxy) is 3. The summed E-state index contributed by atoms with van der Waals surface area (Å²) in [4.78, 5) is 15.0. The molecule has 0 saturated carbocycles. The number of fused-ring (bicyclic) bond motifs is 1. The summed E-state index contributed by atoms with van der Waals surface area (Å²) in [6.07, 6.45) is 0. The van der Waals surface area contributed by atoms with Gasteiger partial charge in [-0.2, -0.15) is 0 Å². The van der Waals surface area contributed by atoms with E-state index < -0.39 is 0 Å². The Labute approximate surface area is 144 Å². The molecule has 1 aromatic carbocycles. The molecular weight excluding hydrogens is 338 g/mol. The quantitative estimate of drug-likeness (QED) is 0.727. The molecule has 1 aromatic heterocycles. The van der Waals surface area contributed by atoms with Gasteiger partial charge in [0.1, 0.15) is 10.6 Å². The van der Waals surface area contributed by atoms with Gasteiger partial charge in [-0.3, -0.25) is 4.79 Å². The van der Waals surface area contributed by atoms with Gasteiger partial charge in [0.25, 0.3) is 5.91 Å². The second-order valence-electron chi connectivity index (χ2n) is 4.89. The zero-order valence-corrected chi connectivity index (χ0v) is 15.0. The van der Waals surface area contributed by atoms with Crippen LogP contribution in [0.5, 0.6) is 5.75 Å². The number of carbonyl (C=O) groups excluding carboxylic acids is 1. The van der Waals surface area contributed by atoms with Crippen molar-refractivity contribution in [1.82, 2.24) is 4.90 Å². The lowest BCUT2D eigenvalue weighted by Crippen LogP contribution is -2.36. The molecule has 126 valence electrons. The van der Waals surface area contributed by atoms with Crippen LogP contribution in [0.4, 0.5) is 0 Å². The summed E-state index contributed by atoms with van der Waals surface area (Å²) in [5.41, 5.74) is 0. The predicted octanol–water partition coefficient (Wildman–Crippen LogP) is 3.30. The van der Waals surface area contributed by atoms with Gasteiger partial charge in [-0.1, -0.05) is 11.6 Å². The summed E-state index contributed by atoms with van der Waals surface area (Å²) in [5.74, 6) is 0.607. The molecule has 0 atom stereocenters. The van der Waals surface area contributed by atoms with Gasteiger partial charge in [0.15, 0.2) is 0 Å². The number of amides is 1. The molecule has 0 bridgehead atoms. The average Bonchev–Trinajstić information content (AvgIpc) is 2.90. The molecule has 0 aliphatic carbocycles. The molecule has 0 aliphatic heterocycles. The molecule has 2 aromatic rings. The first-order valence-corrected chi connectivity index (χ1v) is 8.35. The third-order valence-electron chi connectivity index (χ3n) is 3.45. The molecular formula is C16H20ClNO4S. The van der Waals surface area contributed by atoms with Gasteiger partial charge < -0.3 is 19.1 Å². The summed E-state index contributed by atoms with van der Waals surface area (Å²) in [7, 11) is 4.82. The number of halogens is 1. The van der Waals surface area contributed by atoms with Crippen molar-refractivity contribution in [3.05, 3.63) is 28.1 Å². The highest BCUT2D eigenvalue weighted by molar-refractivity contribution is 7.21. The molecule has 0 N–H and O–H groups in total. The van der Waals surface area contributed by atoms with E-state index in [4.69, 9.17) is 25.8 Å². The van der Waals surface area contributed by atoms with Crippen LogP contribution < -0.4 is 4.74 Å². The van der Waals surface area contributed by atoms with Crippen LogP contribution in [0.1, 0.15) is 9.67 Å². The third kappa shape index (κ3) is 4.14. The van der Waals surface area contributed by atoms with Gasteiger partial charge in [0.05, 0.1) is 25.3 Å². The minimum atomic E-state index is -0.107. The first-order valence-electron chi connectivity index (χ1n) is 7.15. The smallest absolute Gasteiger partial charge is 0.265 e. The second kappa shape index (κ2) is 8.49. The number of thiophene rings is 1. The van der Waals surface area contributed by atoms with Crippen LogP contribution in [-0.4, -0.2) is 58.4 Å². The number of nitrogens with zero attached hydrogens (tertiary/aromatic N) is 1. The van der Waals surface area contributed by atoms with Crippen molar-refractivity contribution >= 4 is 38.9 Å². The van der Waals surface area contributed by atoms with E-state index in [1.807, 2.05) is 18.2 Å². The van der Waals surface area contributed by atoms with Crippen LogP contribution in [0.25, 0.3) is 10.1 Å². The van der Waals surface area contributed by atoms with Gasteiger partial charge in [-0.25, -0.2) is 0 Å². The van der Waals surface area contributed by atoms with Crippen LogP contribution in [0.3, 0.4) is 0 Å². The highest BCUT2D eigenvalue weighted by Gasteiger charge is 2.22. The standard InChI is InChI=1S/C16H20ClNO4S/c1-20-8-6-18(7-9-21-2)16(19)15-14(17)12-10-11(22-3)4-5-13(12)23-15/h4-5,10H,6-9H2,1-3H3. The van der Waals surface area contributed by atoms with E-state index in [9.17, 15) is 4.79 Å². The van der Waals surface area contributed by atoms with E-state index in [1.54, 1.807) is 26.2 Å². The van der Waals surface area contributed by atoms with E-state index in [2.05, 4.69) is 0 Å². The monoisotopic (exact) mass is 357 g/mol. The number of benzene rings is 1. The highest BCUT2D eigenvalue weighted by atomic mass is 35.5. The van der Waals surface area contributed by atoms with Crippen LogP contribution in [0.15, 0.2) is 18.2 Å². The van der Waals surface area contributed by atoms with Crippen molar-refractivity contribution in [1.29, 1.82) is 0 Å². The third-order valence-corrected chi connectivity index (χ3v) is 5.11. The van der Waals surface area contributed by atoms with Crippen LogP contribution in [0.2, 0.25) is 5.02 Å². The zero-order chi connectivity index (χ0) is 16.8. The SMILES string of the molecule is COCCN(CCOC)C(=O)c1sc2ccc(OC)cc2c1Cl. The first-order chi connectivity index (χ1) is 11.1. The number of methoxy groups -OCH3 is 3. The minimum absolute atomic E-state index is 0.107. The predicted molar refractivity (Wildman–Crippen MR) is 93.0 cm³/mol. The molecule has 0 fully saturated rings. The van der Waals surface area contributed by atoms with E-state index in [-0.39, 0.29) is 5.91 Å². The lowest BCUT2D eigenvalue weighted by molar-refractivity contribution is 0.0632. The van der Waals surface area contributed by atoms with Gasteiger partial charge in [-0.15, -0.1) is 11.3 Å². The fourth-order valence-electron chi connectivity index (χ4n) is 2.17. The van der Waals surface area contributed by atoms with Crippen molar-refractivity contribution < 1.29 is 19.0 Å². The van der Waals surface area contributed by atoms with E-state index in [0.717, 1.165) is 10.1 Å². The Balaban J connectivity index is 2.32. The molecule has 0 unspecified atom stereocenters. The molecule has 0 radical (unpaired) electrons. The molecule has 7 heteroatoms. The second-order valence-corrected chi connectivity index (χ2v) is 6.32. The first kappa shape index (κ1) is 18.0. The highest BCUT2D eigenvalue weighted by Crippen LogP contribution is 2.37. The summed E-state index contributed by atoms with van der Waals surface area (Å²) in [5, 5.41) is 1.30. The number of hydrogen-bond acceptors (Lipinski definition) is 5. The van der Waals surface area contributed by atoms with Crippen molar-refractivity contribution in [2.45, 2.75) is 0 Å². The maximum atomic E-state index is 12.8. The maximum Gasteiger partial charge on any atom is 0.265 e. The topological polar surface area (TPSA) is 48.0 Å². The molecule has 5 nitrogen and oxygen atoms in total. The van der Waals surface area contributed by atoms with Gasteiger partial charge in [-0.05, 0) is 18.2 Å². The van der Waals surface area contributed by atoms with E-state index in [1.165, 1.54) is 11.3 Å². The fraction of sp³-hybridized carbons (Fsp3) is 0.438. The van der Waals surface area contributed by atoms with Crippen LogP contribution >= 0.6 is 22.9 Å². The Hall–Kier alpha value is -1.34. The van der Waals surface area contributed by atoms with Gasteiger partial charge >= 0.3 is 0 Å². The number of rotatable bonds is 8. The summed E-state index contributed by atoms with van der Waals surface area (Å²) in [6, 6.07) is 5.62. The summed E-state index contributed by atoms with van der Waals surface area (Å²) in [6.45, 7) is 1.91. The van der Waals surface area contributed by atoms with Crippen molar-refractivity contribution in [2.24, 2.45) is 0 Å². The fourth-order valence-corrected chi connectivity index (χ4v) is 3.62. The Morgan fingerprint density at radius 2 is 1.83 bits per heavy atom. The van der Waals surface area contributed by atoms with Crippen molar-refractivity contribution in [3.8, 4) is 5.75 Å². The normalized spacial score (nSPS) is 11.0. The van der Waals surface area contributed by atoms with Crippen LogP contribution in [0, 0.1) is 0 Å². The zero-order valence-electron chi connectivity index (χ0n) is 13.4. The molecule has 1 amide bonds. The average molecular weight is 358 g/mol. The van der Waals surface area contributed by atoms with E-state index >= 15 is 0 Å². The number of carbonyl (C=O) groups is 1. The lowest BCUT2D eigenvalue weighted by atomic mass is 10.2. The van der Waals surface area contributed by atoms with Crippen molar-refractivity contribution in [2.75, 3.05) is 47.6 Å². The van der Waals surface area contributed by atoms with E-state index in [0.29, 0.717) is 42.0 Å². The molecule has 0 saturated heterocycles. The van der Waals surface area contributed by atoms with Crippen LogP contribution in [-0.2, 0) is 9.47 Å². The largest absolute Gasteiger partial charge is 0.497 e. The molecule has 0 aliphatic rings. The Morgan fingerprint density at radius 1 is 1.17 bits per heavy atom. The summed E-state index contributed by atoms with van der Waals surface area (Å²) < 4.78 is 16.3. The molecule has 1 heterocycles. The Bertz CT molecular complexity index is 665. The molecule has 2 rings (SSSR count). The lowest BCUT2D eigenvalue weighted by Gasteiger charge is -2.21. The minimum Gasteiger partial charge on any atom is -0.497 e.